The monoisotopic (exact) mass is 550 g/mol. The number of amides is 1. The number of likely N-dealkylation sites (N-methyl/N-ethyl adjacent to an activating group) is 1. The van der Waals surface area contributed by atoms with Gasteiger partial charge in [-0.25, -0.2) is 4.39 Å². The molecule has 1 aromatic carbocycles. The number of ether oxygens (including phenoxy) is 1. The number of hydrogen-bond acceptors (Lipinski definition) is 7. The number of benzene rings is 1. The van der Waals surface area contributed by atoms with Crippen molar-refractivity contribution >= 4 is 35.1 Å². The first kappa shape index (κ1) is 29.0. The van der Waals surface area contributed by atoms with Crippen LogP contribution in [0.25, 0.3) is 16.7 Å². The summed E-state index contributed by atoms with van der Waals surface area (Å²) in [5.74, 6) is 0.743. The average molecular weight is 551 g/mol. The van der Waals surface area contributed by atoms with Crippen LogP contribution in [0.15, 0.2) is 46.3 Å². The summed E-state index contributed by atoms with van der Waals surface area (Å²) in [6.07, 6.45) is 6.01. The van der Waals surface area contributed by atoms with E-state index in [1.807, 2.05) is 14.0 Å². The number of aryl methyl sites for hydroxylation is 1. The largest absolute Gasteiger partial charge is 0.460 e. The lowest BCUT2D eigenvalue weighted by Gasteiger charge is -2.27. The third-order valence-electron chi connectivity index (χ3n) is 7.36. The number of aliphatic hydroxyl groups is 1. The molecule has 1 aliphatic heterocycles. The number of halogens is 1. The molecule has 4 N–H and O–H groups in total. The van der Waals surface area contributed by atoms with Crippen molar-refractivity contribution in [1.29, 1.82) is 5.41 Å². The van der Waals surface area contributed by atoms with Gasteiger partial charge < -0.3 is 34.9 Å². The van der Waals surface area contributed by atoms with Gasteiger partial charge in [-0.2, -0.15) is 0 Å². The summed E-state index contributed by atoms with van der Waals surface area (Å²) < 4.78 is 25.1. The maximum Gasteiger partial charge on any atom is 0.255 e. The fraction of sp³-hybridized carbons (Fsp3) is 0.367. The van der Waals surface area contributed by atoms with Crippen LogP contribution in [0, 0.1) is 19.3 Å². The predicted octanol–water partition coefficient (Wildman–Crippen LogP) is 5.08. The third-order valence-corrected chi connectivity index (χ3v) is 7.36. The van der Waals surface area contributed by atoms with Crippen LogP contribution in [0.2, 0.25) is 0 Å². The second kappa shape index (κ2) is 11.6. The molecule has 1 saturated heterocycles. The van der Waals surface area contributed by atoms with Crippen molar-refractivity contribution in [2.45, 2.75) is 52.2 Å². The molecule has 2 atom stereocenters. The number of carbonyl (C=O) groups excluding carboxylic acids is 2. The lowest BCUT2D eigenvalue weighted by molar-refractivity contribution is 0.0718. The van der Waals surface area contributed by atoms with Crippen LogP contribution in [0.1, 0.15) is 64.4 Å². The van der Waals surface area contributed by atoms with Gasteiger partial charge in [0.25, 0.3) is 5.91 Å². The van der Waals surface area contributed by atoms with Gasteiger partial charge in [0.1, 0.15) is 22.9 Å². The van der Waals surface area contributed by atoms with E-state index in [0.29, 0.717) is 56.2 Å². The van der Waals surface area contributed by atoms with Gasteiger partial charge in [-0.05, 0) is 64.4 Å². The van der Waals surface area contributed by atoms with Crippen LogP contribution in [-0.2, 0) is 0 Å². The number of hydrogen-bond donors (Lipinski definition) is 4. The zero-order valence-electron chi connectivity index (χ0n) is 23.4. The third kappa shape index (κ3) is 6.08. The Bertz CT molecular complexity index is 1510. The zero-order valence-corrected chi connectivity index (χ0v) is 23.4. The molecule has 1 amide bonds. The summed E-state index contributed by atoms with van der Waals surface area (Å²) in [4.78, 5) is 29.1. The molecule has 0 spiro atoms. The second-order valence-electron chi connectivity index (χ2n) is 10.7. The number of nitrogens with zero attached hydrogens (tertiary/aromatic N) is 1. The Morgan fingerprint density at radius 1 is 1.35 bits per heavy atom. The number of nitrogens with one attached hydrogen (secondary N) is 3. The normalized spacial score (nSPS) is 21.1. The van der Waals surface area contributed by atoms with E-state index in [-0.39, 0.29) is 24.2 Å². The number of allylic oxidation sites excluding steroid dienone is 1. The molecule has 10 heteroatoms. The summed E-state index contributed by atoms with van der Waals surface area (Å²) in [5.41, 5.74) is 2.79. The first-order valence-electron chi connectivity index (χ1n) is 13.1. The molecule has 0 saturated carbocycles. The molecular formula is C30H35FN4O5. The number of fused-ring (bicyclic) bond motifs is 1. The molecule has 0 radical (unpaired) electrons. The smallest absolute Gasteiger partial charge is 0.255 e. The molecule has 3 aromatic rings. The number of aromatic nitrogens is 1. The predicted molar refractivity (Wildman–Crippen MR) is 152 cm³/mol. The first-order chi connectivity index (χ1) is 18.9. The number of rotatable bonds is 7. The molecular weight excluding hydrogens is 515 g/mol. The molecule has 2 unspecified atom stereocenters. The standard InChI is InChI=1S/C24H22FN3O4.C6H13NO/c1-12-15(11-29)10-27-23(12)20(6-7-26)32-16-4-5-17-21(8-16)31-14(3)22(17)24(30)28-19-9-18(25)13(19)2;1-6(8)3-4-7(2)5-6/h4-8,10-11,19,26-27H,9H2,1-3H3,(H,28,30);8H,3-5H2,1-2H3/b20-6+,26-7?;. The van der Waals surface area contributed by atoms with Crippen molar-refractivity contribution in [3.8, 4) is 5.75 Å². The SMILES string of the molecule is CC1=C(F)CC1NC(=O)c1c(C)oc2cc(O/C(=C/C=N)c3[nH]cc(C=O)c3C)ccc12.CN1CCC(C)(O)C1. The van der Waals surface area contributed by atoms with Crippen LogP contribution in [0.4, 0.5) is 4.39 Å². The highest BCUT2D eigenvalue weighted by Gasteiger charge is 2.30. The van der Waals surface area contributed by atoms with Gasteiger partial charge in [-0.15, -0.1) is 0 Å². The molecule has 1 fully saturated rings. The van der Waals surface area contributed by atoms with Crippen LogP contribution >= 0.6 is 0 Å². The minimum atomic E-state index is -0.408. The molecule has 3 heterocycles. The van der Waals surface area contributed by atoms with Crippen LogP contribution < -0.4 is 10.1 Å². The molecule has 2 aliphatic rings. The van der Waals surface area contributed by atoms with E-state index in [9.17, 15) is 19.1 Å². The molecule has 0 bridgehead atoms. The Kier molecular flexibility index (Phi) is 8.41. The summed E-state index contributed by atoms with van der Waals surface area (Å²) in [6.45, 7) is 8.89. The fourth-order valence-electron chi connectivity index (χ4n) is 4.92. The summed E-state index contributed by atoms with van der Waals surface area (Å²) in [5, 5.41) is 20.2. The van der Waals surface area contributed by atoms with E-state index in [2.05, 4.69) is 15.2 Å². The Morgan fingerprint density at radius 3 is 2.62 bits per heavy atom. The second-order valence-corrected chi connectivity index (χ2v) is 10.7. The van der Waals surface area contributed by atoms with Crippen molar-refractivity contribution < 1.29 is 28.2 Å². The van der Waals surface area contributed by atoms with E-state index in [0.717, 1.165) is 32.0 Å². The summed E-state index contributed by atoms with van der Waals surface area (Å²) in [6, 6.07) is 4.77. The van der Waals surface area contributed by atoms with Gasteiger partial charge >= 0.3 is 0 Å². The maximum atomic E-state index is 13.3. The highest BCUT2D eigenvalue weighted by Crippen LogP contribution is 2.33. The van der Waals surface area contributed by atoms with E-state index in [1.165, 1.54) is 6.08 Å². The van der Waals surface area contributed by atoms with Gasteiger partial charge in [0.2, 0.25) is 0 Å². The van der Waals surface area contributed by atoms with Crippen LogP contribution in [0.3, 0.4) is 0 Å². The number of likely N-dealkylation sites (tertiary alicyclic amines) is 1. The van der Waals surface area contributed by atoms with Gasteiger partial charge in [0, 0.05) is 55.0 Å². The highest BCUT2D eigenvalue weighted by molar-refractivity contribution is 6.07. The lowest BCUT2D eigenvalue weighted by Crippen LogP contribution is -2.40. The van der Waals surface area contributed by atoms with E-state index in [4.69, 9.17) is 14.6 Å². The Hall–Kier alpha value is -4.02. The molecule has 9 nitrogen and oxygen atoms in total. The zero-order chi connectivity index (χ0) is 29.2. The minimum absolute atomic E-state index is 0.183. The lowest BCUT2D eigenvalue weighted by atomic mass is 9.91. The summed E-state index contributed by atoms with van der Waals surface area (Å²) in [7, 11) is 2.03. The molecule has 1 aliphatic carbocycles. The van der Waals surface area contributed by atoms with Crippen molar-refractivity contribution in [2.24, 2.45) is 0 Å². The van der Waals surface area contributed by atoms with Gasteiger partial charge in [-0.3, -0.25) is 9.59 Å². The molecule has 2 aromatic heterocycles. The van der Waals surface area contributed by atoms with Crippen molar-refractivity contribution in [1.82, 2.24) is 15.2 Å². The van der Waals surface area contributed by atoms with Gasteiger partial charge in [0.15, 0.2) is 12.0 Å². The quantitative estimate of drug-likeness (QED) is 0.184. The fourth-order valence-corrected chi connectivity index (χ4v) is 4.92. The summed E-state index contributed by atoms with van der Waals surface area (Å²) >= 11 is 0. The number of β-amino-alcohol motifs (C(OH)–C–C–N with tert-alkyl or cyclic N) is 1. The number of carbonyl (C=O) groups is 2. The topological polar surface area (TPSA) is 132 Å². The van der Waals surface area contributed by atoms with Crippen molar-refractivity contribution in [3.63, 3.8) is 0 Å². The van der Waals surface area contributed by atoms with E-state index >= 15 is 0 Å². The van der Waals surface area contributed by atoms with Gasteiger partial charge in [-0.1, -0.05) is 0 Å². The Morgan fingerprint density at radius 2 is 2.10 bits per heavy atom. The number of aldehydes is 1. The van der Waals surface area contributed by atoms with Crippen LogP contribution in [0.5, 0.6) is 5.75 Å². The van der Waals surface area contributed by atoms with Gasteiger partial charge in [0.05, 0.1) is 22.9 Å². The average Bonchev–Trinajstić information content (AvgIpc) is 3.55. The van der Waals surface area contributed by atoms with Crippen LogP contribution in [-0.4, -0.2) is 65.2 Å². The molecule has 212 valence electrons. The Labute approximate surface area is 232 Å². The number of H-pyrrole nitrogens is 1. The molecule has 5 rings (SSSR count). The van der Waals surface area contributed by atoms with E-state index < -0.39 is 5.60 Å². The first-order valence-corrected chi connectivity index (χ1v) is 13.1. The van der Waals surface area contributed by atoms with Crippen molar-refractivity contribution in [3.05, 3.63) is 70.0 Å². The maximum absolute atomic E-state index is 13.3. The number of aromatic amines is 1. The van der Waals surface area contributed by atoms with Crippen molar-refractivity contribution in [2.75, 3.05) is 20.1 Å². The highest BCUT2D eigenvalue weighted by atomic mass is 19.1. The number of furan rings is 1. The minimum Gasteiger partial charge on any atom is -0.460 e. The molecule has 40 heavy (non-hydrogen) atoms. The van der Waals surface area contributed by atoms with E-state index in [1.54, 1.807) is 45.2 Å². The Balaban J connectivity index is 0.000000398.